The second-order valence-electron chi connectivity index (χ2n) is 2.37. The molecular weight excluding hydrogens is 223 g/mol. The molecule has 0 saturated carbocycles. The highest BCUT2D eigenvalue weighted by Crippen LogP contribution is 2.15. The van der Waals surface area contributed by atoms with Gasteiger partial charge in [0.05, 0.1) is 6.26 Å². The number of hydrogen-bond donors (Lipinski definition) is 1. The lowest BCUT2D eigenvalue weighted by Crippen LogP contribution is -2.33. The third-order valence-corrected chi connectivity index (χ3v) is 2.51. The third kappa shape index (κ3) is 3.04. The Morgan fingerprint density at radius 2 is 2.07 bits per heavy atom. The average molecular weight is 229 g/mol. The molecule has 1 aromatic rings. The molecule has 0 aromatic carbocycles. The molecule has 0 spiro atoms. The number of hydrogen-bond acceptors (Lipinski definition) is 3. The van der Waals surface area contributed by atoms with E-state index in [-0.39, 0.29) is 0 Å². The van der Waals surface area contributed by atoms with E-state index in [9.17, 15) is 21.6 Å². The van der Waals surface area contributed by atoms with E-state index < -0.39 is 27.8 Å². The summed E-state index contributed by atoms with van der Waals surface area (Å²) in [6, 6.07) is 2.32. The first kappa shape index (κ1) is 11.1. The van der Waals surface area contributed by atoms with Crippen molar-refractivity contribution in [3.05, 3.63) is 18.4 Å². The van der Waals surface area contributed by atoms with Gasteiger partial charge in [0.15, 0.2) is 0 Å². The maximum atomic E-state index is 11.7. The predicted molar refractivity (Wildman–Crippen MR) is 40.0 cm³/mol. The molecule has 0 amide bonds. The first-order valence-electron chi connectivity index (χ1n) is 3.41. The molecule has 1 rings (SSSR count). The highest BCUT2D eigenvalue weighted by atomic mass is 32.2. The van der Waals surface area contributed by atoms with Crippen LogP contribution in [0.15, 0.2) is 27.9 Å². The molecule has 0 atom stereocenters. The van der Waals surface area contributed by atoms with E-state index in [0.717, 1.165) is 12.3 Å². The molecule has 0 aliphatic rings. The molecule has 0 bridgehead atoms. The normalized spacial score (nSPS) is 13.1. The largest absolute Gasteiger partial charge is 0.452 e. The first-order chi connectivity index (χ1) is 6.31. The fraction of sp³-hybridized carbons (Fsp3) is 0.333. The zero-order chi connectivity index (χ0) is 10.8. The van der Waals surface area contributed by atoms with Crippen molar-refractivity contribution in [1.82, 2.24) is 4.72 Å². The smallest absolute Gasteiger partial charge is 0.402 e. The summed E-state index contributed by atoms with van der Waals surface area (Å²) < 4.78 is 62.9. The maximum Gasteiger partial charge on any atom is 0.402 e. The molecule has 1 heterocycles. The summed E-state index contributed by atoms with van der Waals surface area (Å²) in [5.41, 5.74) is 0. The molecule has 4 nitrogen and oxygen atoms in total. The van der Waals surface area contributed by atoms with E-state index in [2.05, 4.69) is 4.42 Å². The Kier molecular flexibility index (Phi) is 2.86. The molecule has 1 aromatic heterocycles. The minimum absolute atomic E-state index is 0.540. The molecule has 0 radical (unpaired) electrons. The Bertz CT molecular complexity index is 381. The quantitative estimate of drug-likeness (QED) is 0.844. The van der Waals surface area contributed by atoms with Crippen molar-refractivity contribution in [2.45, 2.75) is 11.3 Å². The fourth-order valence-corrected chi connectivity index (χ4v) is 1.60. The molecule has 1 N–H and O–H groups in total. The van der Waals surface area contributed by atoms with Gasteiger partial charge in [0.1, 0.15) is 6.54 Å². The SMILES string of the molecule is O=S(=O)(NCC(F)(F)F)c1ccco1. The molecule has 14 heavy (non-hydrogen) atoms. The van der Waals surface area contributed by atoms with Crippen molar-refractivity contribution >= 4 is 10.0 Å². The van der Waals surface area contributed by atoms with Crippen LogP contribution >= 0.6 is 0 Å². The van der Waals surface area contributed by atoms with Gasteiger partial charge < -0.3 is 4.42 Å². The number of halogens is 3. The number of rotatable bonds is 3. The standard InChI is InChI=1S/C6H6F3NO3S/c7-6(8,9)4-10-14(11,12)5-2-1-3-13-5/h1-3,10H,4H2. The first-order valence-corrected chi connectivity index (χ1v) is 4.89. The monoisotopic (exact) mass is 229 g/mol. The van der Waals surface area contributed by atoms with Crippen LogP contribution in [0.25, 0.3) is 0 Å². The topological polar surface area (TPSA) is 59.3 Å². The van der Waals surface area contributed by atoms with Crippen molar-refractivity contribution in [1.29, 1.82) is 0 Å². The molecule has 8 heteroatoms. The van der Waals surface area contributed by atoms with Gasteiger partial charge >= 0.3 is 6.18 Å². The van der Waals surface area contributed by atoms with Crippen LogP contribution in [0.3, 0.4) is 0 Å². The summed E-state index contributed by atoms with van der Waals surface area (Å²) in [5.74, 6) is 0. The van der Waals surface area contributed by atoms with Gasteiger partial charge in [0, 0.05) is 0 Å². The van der Waals surface area contributed by atoms with Gasteiger partial charge in [-0.3, -0.25) is 0 Å². The average Bonchev–Trinajstić information content (AvgIpc) is 2.52. The molecule has 0 saturated heterocycles. The molecule has 0 fully saturated rings. The molecule has 0 unspecified atom stereocenters. The van der Waals surface area contributed by atoms with E-state index >= 15 is 0 Å². The van der Waals surface area contributed by atoms with E-state index in [1.165, 1.54) is 10.8 Å². The van der Waals surface area contributed by atoms with Crippen molar-refractivity contribution in [3.8, 4) is 0 Å². The van der Waals surface area contributed by atoms with Crippen LogP contribution in [0.1, 0.15) is 0 Å². The Morgan fingerprint density at radius 3 is 2.50 bits per heavy atom. The number of nitrogens with one attached hydrogen (secondary N) is 1. The number of sulfonamides is 1. The summed E-state index contributed by atoms with van der Waals surface area (Å²) in [6.07, 6.45) is -3.53. The zero-order valence-corrected chi connectivity index (χ0v) is 7.52. The van der Waals surface area contributed by atoms with E-state index in [1.54, 1.807) is 0 Å². The highest BCUT2D eigenvalue weighted by molar-refractivity contribution is 7.89. The van der Waals surface area contributed by atoms with Crippen LogP contribution in [0.2, 0.25) is 0 Å². The second kappa shape index (κ2) is 3.62. The Hall–Kier alpha value is -1.02. The van der Waals surface area contributed by atoms with E-state index in [1.807, 2.05) is 0 Å². The summed E-state index contributed by atoms with van der Waals surface area (Å²) in [6.45, 7) is -1.62. The highest BCUT2D eigenvalue weighted by Gasteiger charge is 2.30. The van der Waals surface area contributed by atoms with Gasteiger partial charge in [-0.1, -0.05) is 0 Å². The Morgan fingerprint density at radius 1 is 1.43 bits per heavy atom. The predicted octanol–water partition coefficient (Wildman–Crippen LogP) is 1.12. The molecule has 0 aliphatic carbocycles. The van der Waals surface area contributed by atoms with Gasteiger partial charge in [0.2, 0.25) is 5.09 Å². The van der Waals surface area contributed by atoms with Crippen molar-refractivity contribution in [2.75, 3.05) is 6.54 Å². The van der Waals surface area contributed by atoms with Crippen LogP contribution < -0.4 is 4.72 Å². The number of alkyl halides is 3. The van der Waals surface area contributed by atoms with E-state index in [4.69, 9.17) is 0 Å². The minimum atomic E-state index is -4.58. The van der Waals surface area contributed by atoms with Crippen molar-refractivity contribution in [3.63, 3.8) is 0 Å². The van der Waals surface area contributed by atoms with Crippen molar-refractivity contribution < 1.29 is 26.0 Å². The summed E-state index contributed by atoms with van der Waals surface area (Å²) in [5, 5.41) is -0.540. The van der Waals surface area contributed by atoms with Crippen LogP contribution in [-0.2, 0) is 10.0 Å². The van der Waals surface area contributed by atoms with Gasteiger partial charge in [0.25, 0.3) is 10.0 Å². The summed E-state index contributed by atoms with van der Waals surface area (Å²) in [4.78, 5) is 0. The molecular formula is C6H6F3NO3S. The number of furan rings is 1. The second-order valence-corrected chi connectivity index (χ2v) is 4.07. The van der Waals surface area contributed by atoms with E-state index in [0.29, 0.717) is 0 Å². The van der Waals surface area contributed by atoms with Gasteiger partial charge in [-0.2, -0.15) is 17.9 Å². The van der Waals surface area contributed by atoms with Gasteiger partial charge in [-0.05, 0) is 12.1 Å². The van der Waals surface area contributed by atoms with Crippen LogP contribution in [-0.4, -0.2) is 21.1 Å². The lowest BCUT2D eigenvalue weighted by atomic mass is 10.7. The zero-order valence-electron chi connectivity index (χ0n) is 6.71. The van der Waals surface area contributed by atoms with Crippen LogP contribution in [0.5, 0.6) is 0 Å². The van der Waals surface area contributed by atoms with Gasteiger partial charge in [-0.25, -0.2) is 8.42 Å². The Labute approximate surface area is 77.8 Å². The van der Waals surface area contributed by atoms with Gasteiger partial charge in [-0.15, -0.1) is 0 Å². The summed E-state index contributed by atoms with van der Waals surface area (Å²) >= 11 is 0. The summed E-state index contributed by atoms with van der Waals surface area (Å²) in [7, 11) is -4.19. The van der Waals surface area contributed by atoms with Crippen LogP contribution in [0.4, 0.5) is 13.2 Å². The molecule has 0 aliphatic heterocycles. The maximum absolute atomic E-state index is 11.7. The van der Waals surface area contributed by atoms with Crippen molar-refractivity contribution in [2.24, 2.45) is 0 Å². The lowest BCUT2D eigenvalue weighted by molar-refractivity contribution is -0.121. The molecule has 80 valence electrons. The fourth-order valence-electron chi connectivity index (χ4n) is 0.664. The lowest BCUT2D eigenvalue weighted by Gasteiger charge is -2.06. The Balaban J connectivity index is 2.70. The third-order valence-electron chi connectivity index (χ3n) is 1.22. The van der Waals surface area contributed by atoms with Crippen LogP contribution in [0, 0.1) is 0 Å². The minimum Gasteiger partial charge on any atom is -0.452 e.